The second-order valence-corrected chi connectivity index (χ2v) is 6.17. The molecule has 0 fully saturated rings. The largest absolute Gasteiger partial charge is 0.392 e. The number of nitrogens with zero attached hydrogens (tertiary/aromatic N) is 3. The highest BCUT2D eigenvalue weighted by molar-refractivity contribution is 7.80. The molecule has 0 radical (unpaired) electrons. The number of hydrogen-bond acceptors (Lipinski definition) is 3. The molecule has 2 N–H and O–H groups in total. The molecule has 0 atom stereocenters. The lowest BCUT2D eigenvalue weighted by Gasteiger charge is -2.09. The van der Waals surface area contributed by atoms with Crippen LogP contribution in [-0.4, -0.2) is 19.5 Å². The maximum Gasteiger partial charge on any atom is 0.160 e. The quantitative estimate of drug-likeness (QED) is 0.754. The number of aryl methyl sites for hydroxylation is 3. The van der Waals surface area contributed by atoms with Gasteiger partial charge in [0, 0.05) is 11.8 Å². The molecular formula is C17H18N4S. The van der Waals surface area contributed by atoms with Gasteiger partial charge in [-0.15, -0.1) is 0 Å². The van der Waals surface area contributed by atoms with Crippen LogP contribution in [0.4, 0.5) is 0 Å². The topological polar surface area (TPSA) is 56.7 Å². The van der Waals surface area contributed by atoms with E-state index in [9.17, 15) is 0 Å². The van der Waals surface area contributed by atoms with Crippen LogP contribution in [0.3, 0.4) is 0 Å². The molecule has 0 unspecified atom stereocenters. The van der Waals surface area contributed by atoms with E-state index in [4.69, 9.17) is 22.9 Å². The molecule has 4 nitrogen and oxygen atoms in total. The van der Waals surface area contributed by atoms with E-state index >= 15 is 0 Å². The third-order valence-corrected chi connectivity index (χ3v) is 3.93. The number of benzene rings is 1. The van der Waals surface area contributed by atoms with Crippen LogP contribution in [0.25, 0.3) is 22.6 Å². The minimum absolute atomic E-state index is 0.423. The van der Waals surface area contributed by atoms with Crippen LogP contribution in [0, 0.1) is 20.8 Å². The zero-order chi connectivity index (χ0) is 15.9. The maximum atomic E-state index is 5.76. The molecule has 22 heavy (non-hydrogen) atoms. The molecule has 0 aliphatic rings. The van der Waals surface area contributed by atoms with Crippen molar-refractivity contribution in [2.75, 3.05) is 0 Å². The third kappa shape index (κ3) is 2.60. The minimum atomic E-state index is 0.423. The van der Waals surface area contributed by atoms with Crippen molar-refractivity contribution in [3.63, 3.8) is 0 Å². The lowest BCUT2D eigenvalue weighted by molar-refractivity contribution is 0.881. The van der Waals surface area contributed by atoms with Gasteiger partial charge >= 0.3 is 0 Å². The summed E-state index contributed by atoms with van der Waals surface area (Å²) < 4.78 is 1.99. The zero-order valence-electron chi connectivity index (χ0n) is 12.9. The van der Waals surface area contributed by atoms with E-state index in [1.807, 2.05) is 23.8 Å². The van der Waals surface area contributed by atoms with Crippen LogP contribution >= 0.6 is 12.2 Å². The Bertz CT molecular complexity index is 880. The Kier molecular flexibility index (Phi) is 3.66. The Labute approximate surface area is 135 Å². The predicted octanol–water partition coefficient (Wildman–Crippen LogP) is 3.31. The van der Waals surface area contributed by atoms with E-state index < -0.39 is 0 Å². The number of thiocarbonyl (C=S) groups is 1. The Morgan fingerprint density at radius 2 is 1.95 bits per heavy atom. The van der Waals surface area contributed by atoms with E-state index in [-0.39, 0.29) is 0 Å². The first kappa shape index (κ1) is 14.7. The van der Waals surface area contributed by atoms with Crippen LogP contribution in [0.5, 0.6) is 0 Å². The molecular weight excluding hydrogens is 292 g/mol. The van der Waals surface area contributed by atoms with Gasteiger partial charge in [-0.25, -0.2) is 9.97 Å². The van der Waals surface area contributed by atoms with Gasteiger partial charge in [-0.2, -0.15) is 0 Å². The molecule has 0 bridgehead atoms. The van der Waals surface area contributed by atoms with Gasteiger partial charge < -0.3 is 10.3 Å². The second kappa shape index (κ2) is 5.50. The van der Waals surface area contributed by atoms with Crippen LogP contribution in [0.1, 0.15) is 16.7 Å². The first-order chi connectivity index (χ1) is 10.5. The van der Waals surface area contributed by atoms with Crippen LogP contribution in [-0.2, 0) is 6.54 Å². The van der Waals surface area contributed by atoms with Gasteiger partial charge in [0.2, 0.25) is 0 Å². The molecule has 5 heteroatoms. The third-order valence-electron chi connectivity index (χ3n) is 3.80. The minimum Gasteiger partial charge on any atom is -0.392 e. The first-order valence-electron chi connectivity index (χ1n) is 7.14. The van der Waals surface area contributed by atoms with Gasteiger partial charge in [-0.05, 0) is 49.6 Å². The summed E-state index contributed by atoms with van der Waals surface area (Å²) in [4.78, 5) is 9.68. The number of nitrogens with two attached hydrogens (primary N) is 1. The Balaban J connectivity index is 2.26. The highest BCUT2D eigenvalue weighted by atomic mass is 32.1. The molecule has 0 saturated carbocycles. The van der Waals surface area contributed by atoms with Crippen molar-refractivity contribution in [2.24, 2.45) is 5.73 Å². The number of fused-ring (bicyclic) bond motifs is 1. The number of aromatic nitrogens is 3. The monoisotopic (exact) mass is 310 g/mol. The van der Waals surface area contributed by atoms with E-state index in [0.29, 0.717) is 11.5 Å². The highest BCUT2D eigenvalue weighted by Crippen LogP contribution is 2.25. The second-order valence-electron chi connectivity index (χ2n) is 5.64. The van der Waals surface area contributed by atoms with Gasteiger partial charge in [-0.3, -0.25) is 0 Å². The SMILES string of the molecule is Cc1cnc2c(c1)nc(-c1ccc(C)c(C)c1)n2CC(N)=S. The number of rotatable bonds is 3. The van der Waals surface area contributed by atoms with Crippen LogP contribution < -0.4 is 5.73 Å². The van der Waals surface area contributed by atoms with Crippen molar-refractivity contribution in [2.45, 2.75) is 27.3 Å². The molecule has 0 spiro atoms. The van der Waals surface area contributed by atoms with E-state index in [2.05, 4.69) is 37.0 Å². The molecule has 0 amide bonds. The lowest BCUT2D eigenvalue weighted by Crippen LogP contribution is -2.17. The van der Waals surface area contributed by atoms with E-state index in [1.165, 1.54) is 11.1 Å². The fourth-order valence-electron chi connectivity index (χ4n) is 2.52. The molecule has 2 aromatic heterocycles. The summed E-state index contributed by atoms with van der Waals surface area (Å²) >= 11 is 5.09. The Morgan fingerprint density at radius 1 is 1.18 bits per heavy atom. The summed E-state index contributed by atoms with van der Waals surface area (Å²) in [5, 5.41) is 0. The summed E-state index contributed by atoms with van der Waals surface area (Å²) in [6.45, 7) is 6.64. The maximum absolute atomic E-state index is 5.76. The Morgan fingerprint density at radius 3 is 2.64 bits per heavy atom. The molecule has 3 rings (SSSR count). The fourth-order valence-corrected chi connectivity index (χ4v) is 2.65. The van der Waals surface area contributed by atoms with E-state index in [0.717, 1.165) is 28.1 Å². The standard InChI is InChI=1S/C17H18N4S/c1-10-6-14-17(19-8-10)21(9-15(18)22)16(20-14)13-5-4-11(2)12(3)7-13/h4-8H,9H2,1-3H3,(H2,18,22). The van der Waals surface area contributed by atoms with Crippen molar-refractivity contribution in [3.8, 4) is 11.4 Å². The first-order valence-corrected chi connectivity index (χ1v) is 7.55. The average molecular weight is 310 g/mol. The average Bonchev–Trinajstić information content (AvgIpc) is 2.79. The van der Waals surface area contributed by atoms with Crippen LogP contribution in [0.15, 0.2) is 30.5 Å². The smallest absolute Gasteiger partial charge is 0.160 e. The molecule has 2 heterocycles. The molecule has 112 valence electrons. The summed E-state index contributed by atoms with van der Waals surface area (Å²) in [6.07, 6.45) is 1.84. The van der Waals surface area contributed by atoms with Crippen LogP contribution in [0.2, 0.25) is 0 Å². The number of pyridine rings is 1. The number of hydrogen-bond donors (Lipinski definition) is 1. The molecule has 0 aliphatic carbocycles. The highest BCUT2D eigenvalue weighted by Gasteiger charge is 2.15. The summed E-state index contributed by atoms with van der Waals surface area (Å²) in [5.41, 5.74) is 12.1. The van der Waals surface area contributed by atoms with Gasteiger partial charge in [0.1, 0.15) is 11.3 Å². The molecule has 3 aromatic rings. The van der Waals surface area contributed by atoms with Gasteiger partial charge in [0.25, 0.3) is 0 Å². The summed E-state index contributed by atoms with van der Waals surface area (Å²) in [5.74, 6) is 0.851. The summed E-state index contributed by atoms with van der Waals surface area (Å²) in [6, 6.07) is 8.35. The normalized spacial score (nSPS) is 11.0. The van der Waals surface area contributed by atoms with Crippen molar-refractivity contribution in [1.82, 2.24) is 14.5 Å². The zero-order valence-corrected chi connectivity index (χ0v) is 13.7. The lowest BCUT2D eigenvalue weighted by atomic mass is 10.1. The van der Waals surface area contributed by atoms with Gasteiger partial charge in [0.05, 0.1) is 11.5 Å². The Hall–Kier alpha value is -2.27. The van der Waals surface area contributed by atoms with Crippen molar-refractivity contribution < 1.29 is 0 Å². The number of imidazole rings is 1. The fraction of sp³-hybridized carbons (Fsp3) is 0.235. The van der Waals surface area contributed by atoms with Gasteiger partial charge in [-0.1, -0.05) is 24.4 Å². The van der Waals surface area contributed by atoms with Crippen molar-refractivity contribution in [1.29, 1.82) is 0 Å². The molecule has 0 aliphatic heterocycles. The predicted molar refractivity (Wildman–Crippen MR) is 94.0 cm³/mol. The van der Waals surface area contributed by atoms with Crippen molar-refractivity contribution >= 4 is 28.4 Å². The van der Waals surface area contributed by atoms with Crippen molar-refractivity contribution in [3.05, 3.63) is 47.2 Å². The molecule has 1 aromatic carbocycles. The van der Waals surface area contributed by atoms with Gasteiger partial charge in [0.15, 0.2) is 5.65 Å². The summed E-state index contributed by atoms with van der Waals surface area (Å²) in [7, 11) is 0. The molecule has 0 saturated heterocycles. The van der Waals surface area contributed by atoms with E-state index in [1.54, 1.807) is 0 Å².